The van der Waals surface area contributed by atoms with Gasteiger partial charge in [-0.25, -0.2) is 0 Å². The van der Waals surface area contributed by atoms with Crippen molar-refractivity contribution < 1.29 is 4.79 Å². The molecule has 3 heteroatoms. The lowest BCUT2D eigenvalue weighted by Crippen LogP contribution is -2.12. The zero-order valence-electron chi connectivity index (χ0n) is 9.90. The number of nitrogens with one attached hydrogen (secondary N) is 1. The van der Waals surface area contributed by atoms with Crippen molar-refractivity contribution in [3.05, 3.63) is 59.4 Å². The molecule has 0 saturated carbocycles. The van der Waals surface area contributed by atoms with Crippen molar-refractivity contribution in [3.63, 3.8) is 0 Å². The normalized spacial score (nSPS) is 10.0. The standard InChI is InChI=1S/C14H14N2O/c1-10-3-5-13(6-4-10)16-14(17)12-7-11(2)8-15-9-12/h3-9H,1-2H3,(H,16,17). The Labute approximate surface area is 101 Å². The lowest BCUT2D eigenvalue weighted by molar-refractivity contribution is 0.102. The van der Waals surface area contributed by atoms with Crippen LogP contribution in [-0.2, 0) is 0 Å². The Hall–Kier alpha value is -2.16. The Kier molecular flexibility index (Phi) is 3.19. The largest absolute Gasteiger partial charge is 0.322 e. The number of aromatic nitrogens is 1. The van der Waals surface area contributed by atoms with E-state index in [1.54, 1.807) is 12.4 Å². The summed E-state index contributed by atoms with van der Waals surface area (Å²) in [4.78, 5) is 15.9. The second-order valence-corrected chi connectivity index (χ2v) is 4.07. The Morgan fingerprint density at radius 2 is 1.76 bits per heavy atom. The van der Waals surface area contributed by atoms with Gasteiger partial charge < -0.3 is 5.32 Å². The van der Waals surface area contributed by atoms with Crippen molar-refractivity contribution in [2.75, 3.05) is 5.32 Å². The van der Waals surface area contributed by atoms with E-state index >= 15 is 0 Å². The van der Waals surface area contributed by atoms with Crippen molar-refractivity contribution in [3.8, 4) is 0 Å². The summed E-state index contributed by atoms with van der Waals surface area (Å²) < 4.78 is 0. The molecule has 1 N–H and O–H groups in total. The van der Waals surface area contributed by atoms with Crippen molar-refractivity contribution >= 4 is 11.6 Å². The highest BCUT2D eigenvalue weighted by atomic mass is 16.1. The highest BCUT2D eigenvalue weighted by Crippen LogP contribution is 2.10. The first-order valence-corrected chi connectivity index (χ1v) is 5.45. The molecule has 0 atom stereocenters. The minimum atomic E-state index is -0.134. The van der Waals surface area contributed by atoms with Crippen molar-refractivity contribution in [1.29, 1.82) is 0 Å². The minimum absolute atomic E-state index is 0.134. The van der Waals surface area contributed by atoms with E-state index in [0.717, 1.165) is 11.3 Å². The van der Waals surface area contributed by atoms with Crippen LogP contribution in [0.1, 0.15) is 21.5 Å². The van der Waals surface area contributed by atoms with Crippen LogP contribution in [0.2, 0.25) is 0 Å². The number of hydrogen-bond donors (Lipinski definition) is 1. The van der Waals surface area contributed by atoms with Gasteiger partial charge in [-0.3, -0.25) is 9.78 Å². The number of pyridine rings is 1. The monoisotopic (exact) mass is 226 g/mol. The maximum absolute atomic E-state index is 11.9. The van der Waals surface area contributed by atoms with Crippen LogP contribution in [0, 0.1) is 13.8 Å². The van der Waals surface area contributed by atoms with Crippen LogP contribution in [0.4, 0.5) is 5.69 Å². The SMILES string of the molecule is Cc1ccc(NC(=O)c2cncc(C)c2)cc1. The van der Waals surface area contributed by atoms with Gasteiger partial charge in [-0.2, -0.15) is 0 Å². The Bertz CT molecular complexity index is 532. The predicted octanol–water partition coefficient (Wildman–Crippen LogP) is 2.95. The molecule has 0 aliphatic rings. The third-order valence-electron chi connectivity index (χ3n) is 2.45. The number of aryl methyl sites for hydroxylation is 2. The van der Waals surface area contributed by atoms with Crippen molar-refractivity contribution in [1.82, 2.24) is 4.98 Å². The third-order valence-corrected chi connectivity index (χ3v) is 2.45. The van der Waals surface area contributed by atoms with E-state index in [1.807, 2.05) is 44.2 Å². The van der Waals surface area contributed by atoms with Gasteiger partial charge in [-0.05, 0) is 37.6 Å². The highest BCUT2D eigenvalue weighted by Gasteiger charge is 2.06. The first-order chi connectivity index (χ1) is 8.15. The molecule has 1 amide bonds. The van der Waals surface area contributed by atoms with Gasteiger partial charge in [0.15, 0.2) is 0 Å². The molecule has 86 valence electrons. The maximum atomic E-state index is 11.9. The molecule has 0 fully saturated rings. The van der Waals surface area contributed by atoms with Gasteiger partial charge in [0.2, 0.25) is 0 Å². The van der Waals surface area contributed by atoms with E-state index in [1.165, 1.54) is 5.56 Å². The van der Waals surface area contributed by atoms with Crippen LogP contribution < -0.4 is 5.32 Å². The van der Waals surface area contributed by atoms with E-state index in [9.17, 15) is 4.79 Å². The van der Waals surface area contributed by atoms with E-state index in [4.69, 9.17) is 0 Å². The highest BCUT2D eigenvalue weighted by molar-refractivity contribution is 6.04. The molecule has 0 aliphatic heterocycles. The van der Waals surface area contributed by atoms with Crippen molar-refractivity contribution in [2.24, 2.45) is 0 Å². The number of amides is 1. The zero-order chi connectivity index (χ0) is 12.3. The second-order valence-electron chi connectivity index (χ2n) is 4.07. The molecule has 1 heterocycles. The third kappa shape index (κ3) is 2.91. The molecule has 2 rings (SSSR count). The van der Waals surface area contributed by atoms with Gasteiger partial charge in [0.25, 0.3) is 5.91 Å². The Morgan fingerprint density at radius 3 is 2.41 bits per heavy atom. The topological polar surface area (TPSA) is 42.0 Å². The number of rotatable bonds is 2. The number of hydrogen-bond acceptors (Lipinski definition) is 2. The van der Waals surface area contributed by atoms with Gasteiger partial charge in [0.05, 0.1) is 5.56 Å². The Morgan fingerprint density at radius 1 is 1.06 bits per heavy atom. The Balaban J connectivity index is 2.14. The van der Waals surface area contributed by atoms with Crippen LogP contribution in [0.25, 0.3) is 0 Å². The number of anilines is 1. The molecule has 17 heavy (non-hydrogen) atoms. The molecule has 0 spiro atoms. The summed E-state index contributed by atoms with van der Waals surface area (Å²) in [5.41, 5.74) is 3.51. The minimum Gasteiger partial charge on any atom is -0.322 e. The summed E-state index contributed by atoms with van der Waals surface area (Å²) in [6.07, 6.45) is 3.29. The fraction of sp³-hybridized carbons (Fsp3) is 0.143. The molecule has 0 unspecified atom stereocenters. The molecule has 0 aliphatic carbocycles. The van der Waals surface area contributed by atoms with E-state index in [2.05, 4.69) is 10.3 Å². The molecule has 1 aromatic heterocycles. The predicted molar refractivity (Wildman–Crippen MR) is 68.1 cm³/mol. The molecule has 0 bridgehead atoms. The van der Waals surface area contributed by atoms with Crippen LogP contribution in [0.5, 0.6) is 0 Å². The molecular formula is C14H14N2O. The quantitative estimate of drug-likeness (QED) is 0.855. The van der Waals surface area contributed by atoms with Crippen molar-refractivity contribution in [2.45, 2.75) is 13.8 Å². The summed E-state index contributed by atoms with van der Waals surface area (Å²) >= 11 is 0. The zero-order valence-corrected chi connectivity index (χ0v) is 9.90. The van der Waals surface area contributed by atoms with Crippen LogP contribution in [0.3, 0.4) is 0 Å². The molecular weight excluding hydrogens is 212 g/mol. The lowest BCUT2D eigenvalue weighted by Gasteiger charge is -2.05. The van der Waals surface area contributed by atoms with E-state index in [-0.39, 0.29) is 5.91 Å². The average Bonchev–Trinajstić information content (AvgIpc) is 2.32. The molecule has 0 radical (unpaired) electrons. The first kappa shape index (κ1) is 11.3. The van der Waals surface area contributed by atoms with Crippen LogP contribution >= 0.6 is 0 Å². The molecule has 0 saturated heterocycles. The number of benzene rings is 1. The molecule has 1 aromatic carbocycles. The van der Waals surface area contributed by atoms with Gasteiger partial charge in [-0.15, -0.1) is 0 Å². The summed E-state index contributed by atoms with van der Waals surface area (Å²) in [6.45, 7) is 3.92. The van der Waals surface area contributed by atoms with Gasteiger partial charge in [0.1, 0.15) is 0 Å². The fourth-order valence-corrected chi connectivity index (χ4v) is 1.52. The first-order valence-electron chi connectivity index (χ1n) is 5.45. The van der Waals surface area contributed by atoms with Crippen LogP contribution in [0.15, 0.2) is 42.7 Å². The van der Waals surface area contributed by atoms with Gasteiger partial charge >= 0.3 is 0 Å². The van der Waals surface area contributed by atoms with E-state index in [0.29, 0.717) is 5.56 Å². The van der Waals surface area contributed by atoms with Gasteiger partial charge in [0, 0.05) is 18.1 Å². The van der Waals surface area contributed by atoms with E-state index < -0.39 is 0 Å². The van der Waals surface area contributed by atoms with Crippen LogP contribution in [-0.4, -0.2) is 10.9 Å². The summed E-state index contributed by atoms with van der Waals surface area (Å²) in [5, 5.41) is 2.83. The smallest absolute Gasteiger partial charge is 0.257 e. The number of carbonyl (C=O) groups is 1. The lowest BCUT2D eigenvalue weighted by atomic mass is 10.2. The average molecular weight is 226 g/mol. The maximum Gasteiger partial charge on any atom is 0.257 e. The number of carbonyl (C=O) groups excluding carboxylic acids is 1. The van der Waals surface area contributed by atoms with Gasteiger partial charge in [-0.1, -0.05) is 17.7 Å². The summed E-state index contributed by atoms with van der Waals surface area (Å²) in [7, 11) is 0. The second kappa shape index (κ2) is 4.78. The molecule has 3 nitrogen and oxygen atoms in total. The molecule has 2 aromatic rings. The summed E-state index contributed by atoms with van der Waals surface area (Å²) in [6, 6.07) is 9.51. The summed E-state index contributed by atoms with van der Waals surface area (Å²) in [5.74, 6) is -0.134. The fourth-order valence-electron chi connectivity index (χ4n) is 1.52. The number of nitrogens with zero attached hydrogens (tertiary/aromatic N) is 1.